The topological polar surface area (TPSA) is 95.5 Å². The first-order chi connectivity index (χ1) is 11.6. The Hall–Kier alpha value is -2.58. The lowest BCUT2D eigenvalue weighted by Crippen LogP contribution is -2.54. The normalized spacial score (nSPS) is 16.3. The van der Waals surface area contributed by atoms with Gasteiger partial charge in [-0.1, -0.05) is 12.8 Å². The smallest absolute Gasteiger partial charge is 0.416 e. The van der Waals surface area contributed by atoms with Crippen LogP contribution in [0.5, 0.6) is 0 Å². The van der Waals surface area contributed by atoms with Crippen molar-refractivity contribution in [1.29, 1.82) is 0 Å². The first-order valence-electron chi connectivity index (χ1n) is 7.64. The van der Waals surface area contributed by atoms with Gasteiger partial charge < -0.3 is 15.7 Å². The third-order valence-corrected chi connectivity index (χ3v) is 4.13. The second-order valence-corrected chi connectivity index (χ2v) is 5.90. The van der Waals surface area contributed by atoms with E-state index in [9.17, 15) is 32.7 Å². The number of carbonyl (C=O) groups excluding carboxylic acids is 2. The molecule has 3 N–H and O–H groups in total. The Morgan fingerprint density at radius 2 is 1.64 bits per heavy atom. The number of carbonyl (C=O) groups is 3. The fraction of sp³-hybridized carbons (Fsp3) is 0.438. The highest BCUT2D eigenvalue weighted by Gasteiger charge is 2.42. The van der Waals surface area contributed by atoms with E-state index >= 15 is 0 Å². The Kier molecular flexibility index (Phi) is 5.34. The summed E-state index contributed by atoms with van der Waals surface area (Å²) >= 11 is 0. The molecule has 25 heavy (non-hydrogen) atoms. The summed E-state index contributed by atoms with van der Waals surface area (Å²) in [4.78, 5) is 35.1. The van der Waals surface area contributed by atoms with Gasteiger partial charge in [-0.15, -0.1) is 0 Å². The van der Waals surface area contributed by atoms with E-state index < -0.39 is 41.6 Å². The molecule has 0 aromatic heterocycles. The molecule has 0 heterocycles. The Labute approximate surface area is 141 Å². The molecule has 0 aliphatic heterocycles. The number of aliphatic carboxylic acids is 1. The van der Waals surface area contributed by atoms with Gasteiger partial charge in [-0.3, -0.25) is 9.59 Å². The number of hydrogen-bond donors (Lipinski definition) is 3. The zero-order chi connectivity index (χ0) is 18.7. The lowest BCUT2D eigenvalue weighted by molar-refractivity contribution is -0.147. The average Bonchev–Trinajstić information content (AvgIpc) is 3.02. The van der Waals surface area contributed by atoms with E-state index in [4.69, 9.17) is 0 Å². The monoisotopic (exact) mass is 358 g/mol. The van der Waals surface area contributed by atoms with Crippen LogP contribution in [0.1, 0.15) is 41.6 Å². The summed E-state index contributed by atoms with van der Waals surface area (Å²) in [5.41, 5.74) is -2.23. The molecular weight excluding hydrogens is 341 g/mol. The molecule has 0 spiro atoms. The fourth-order valence-electron chi connectivity index (χ4n) is 2.76. The lowest BCUT2D eigenvalue weighted by atomic mass is 9.98. The highest BCUT2D eigenvalue weighted by atomic mass is 19.4. The van der Waals surface area contributed by atoms with Gasteiger partial charge >= 0.3 is 12.1 Å². The quantitative estimate of drug-likeness (QED) is 0.750. The number of benzene rings is 1. The van der Waals surface area contributed by atoms with Crippen LogP contribution in [-0.2, 0) is 15.8 Å². The van der Waals surface area contributed by atoms with Crippen molar-refractivity contribution in [2.75, 3.05) is 6.54 Å². The van der Waals surface area contributed by atoms with Crippen molar-refractivity contribution in [3.63, 3.8) is 0 Å². The van der Waals surface area contributed by atoms with E-state index in [0.29, 0.717) is 25.7 Å². The van der Waals surface area contributed by atoms with Crippen LogP contribution in [0.25, 0.3) is 0 Å². The number of alkyl halides is 3. The van der Waals surface area contributed by atoms with Crippen LogP contribution in [0.15, 0.2) is 24.3 Å². The maximum atomic E-state index is 12.5. The van der Waals surface area contributed by atoms with Crippen molar-refractivity contribution in [3.05, 3.63) is 35.4 Å². The van der Waals surface area contributed by atoms with E-state index in [-0.39, 0.29) is 5.56 Å². The summed E-state index contributed by atoms with van der Waals surface area (Å²) in [6.45, 7) is -0.463. The largest absolute Gasteiger partial charge is 0.480 e. The molecule has 1 aliphatic rings. The zero-order valence-electron chi connectivity index (χ0n) is 13.2. The van der Waals surface area contributed by atoms with E-state index in [2.05, 4.69) is 10.6 Å². The summed E-state index contributed by atoms with van der Waals surface area (Å²) in [5.74, 6) is -2.50. The Morgan fingerprint density at radius 1 is 1.08 bits per heavy atom. The molecule has 1 saturated carbocycles. The highest BCUT2D eigenvalue weighted by molar-refractivity contribution is 5.97. The molecule has 6 nitrogen and oxygen atoms in total. The maximum Gasteiger partial charge on any atom is 0.416 e. The van der Waals surface area contributed by atoms with Gasteiger partial charge in [0.25, 0.3) is 5.91 Å². The number of amides is 2. The van der Waals surface area contributed by atoms with Gasteiger partial charge in [0.15, 0.2) is 0 Å². The summed E-state index contributed by atoms with van der Waals surface area (Å²) in [5, 5.41) is 14.0. The molecule has 2 rings (SSSR count). The Bertz CT molecular complexity index is 665. The fourth-order valence-corrected chi connectivity index (χ4v) is 2.76. The number of hydrogen-bond acceptors (Lipinski definition) is 3. The first-order valence-corrected chi connectivity index (χ1v) is 7.64. The van der Waals surface area contributed by atoms with E-state index in [1.165, 1.54) is 0 Å². The SMILES string of the molecule is O=C(CNC(=O)c1ccc(C(F)(F)F)cc1)NC1(C(=O)O)CCCC1. The summed E-state index contributed by atoms with van der Waals surface area (Å²) in [6, 6.07) is 3.55. The van der Waals surface area contributed by atoms with Gasteiger partial charge in [0.2, 0.25) is 5.91 Å². The van der Waals surface area contributed by atoms with Crippen LogP contribution in [0, 0.1) is 0 Å². The molecule has 9 heteroatoms. The Morgan fingerprint density at radius 3 is 2.12 bits per heavy atom. The minimum Gasteiger partial charge on any atom is -0.480 e. The van der Waals surface area contributed by atoms with Crippen molar-refractivity contribution in [1.82, 2.24) is 10.6 Å². The van der Waals surface area contributed by atoms with Gasteiger partial charge in [0, 0.05) is 5.56 Å². The predicted molar refractivity (Wildman–Crippen MR) is 80.8 cm³/mol. The number of nitrogens with one attached hydrogen (secondary N) is 2. The molecule has 0 bridgehead atoms. The van der Waals surface area contributed by atoms with Crippen LogP contribution < -0.4 is 10.6 Å². The third-order valence-electron chi connectivity index (χ3n) is 4.13. The van der Waals surface area contributed by atoms with E-state index in [0.717, 1.165) is 24.3 Å². The molecule has 2 amide bonds. The third kappa shape index (κ3) is 4.49. The van der Waals surface area contributed by atoms with Crippen LogP contribution in [0.3, 0.4) is 0 Å². The van der Waals surface area contributed by atoms with E-state index in [1.54, 1.807) is 0 Å². The number of carboxylic acid groups (broad SMARTS) is 1. The minimum atomic E-state index is -4.50. The van der Waals surface area contributed by atoms with Crippen molar-refractivity contribution < 1.29 is 32.7 Å². The van der Waals surface area contributed by atoms with E-state index in [1.807, 2.05) is 0 Å². The molecule has 0 saturated heterocycles. The van der Waals surface area contributed by atoms with Crippen LogP contribution in [-0.4, -0.2) is 35.0 Å². The standard InChI is InChI=1S/C16H17F3N2O4/c17-16(18,19)11-5-3-10(4-6-11)13(23)20-9-12(22)21-15(14(24)25)7-1-2-8-15/h3-6H,1-2,7-9H2,(H,20,23)(H,21,22)(H,24,25). The second-order valence-electron chi connectivity index (χ2n) is 5.90. The van der Waals surface area contributed by atoms with Gasteiger partial charge in [0.05, 0.1) is 12.1 Å². The molecule has 1 fully saturated rings. The molecule has 1 aromatic carbocycles. The van der Waals surface area contributed by atoms with Gasteiger partial charge in [-0.2, -0.15) is 13.2 Å². The minimum absolute atomic E-state index is 0.0328. The first kappa shape index (κ1) is 18.8. The molecular formula is C16H17F3N2O4. The molecule has 1 aliphatic carbocycles. The second kappa shape index (κ2) is 7.12. The van der Waals surface area contributed by atoms with Crippen LogP contribution >= 0.6 is 0 Å². The summed E-state index contributed by atoms with van der Waals surface area (Å²) in [6.07, 6.45) is -2.49. The molecule has 1 aromatic rings. The van der Waals surface area contributed by atoms with Crippen LogP contribution in [0.4, 0.5) is 13.2 Å². The maximum absolute atomic E-state index is 12.5. The molecule has 0 radical (unpaired) electrons. The highest BCUT2D eigenvalue weighted by Crippen LogP contribution is 2.30. The average molecular weight is 358 g/mol. The summed E-state index contributed by atoms with van der Waals surface area (Å²) < 4.78 is 37.4. The molecule has 0 atom stereocenters. The summed E-state index contributed by atoms with van der Waals surface area (Å²) in [7, 11) is 0. The van der Waals surface area contributed by atoms with Gasteiger partial charge in [0.1, 0.15) is 5.54 Å². The van der Waals surface area contributed by atoms with Crippen molar-refractivity contribution in [2.45, 2.75) is 37.4 Å². The van der Waals surface area contributed by atoms with Crippen molar-refractivity contribution in [3.8, 4) is 0 Å². The number of halogens is 3. The van der Waals surface area contributed by atoms with Gasteiger partial charge in [-0.25, -0.2) is 4.79 Å². The molecule has 0 unspecified atom stereocenters. The van der Waals surface area contributed by atoms with Crippen molar-refractivity contribution >= 4 is 17.8 Å². The van der Waals surface area contributed by atoms with Gasteiger partial charge in [-0.05, 0) is 37.1 Å². The lowest BCUT2D eigenvalue weighted by Gasteiger charge is -2.25. The number of rotatable bonds is 5. The van der Waals surface area contributed by atoms with Crippen LogP contribution in [0.2, 0.25) is 0 Å². The Balaban J connectivity index is 1.91. The molecule has 136 valence electrons. The van der Waals surface area contributed by atoms with Crippen molar-refractivity contribution in [2.24, 2.45) is 0 Å². The zero-order valence-corrected chi connectivity index (χ0v) is 13.2. The predicted octanol–water partition coefficient (Wildman–Crippen LogP) is 1.95. The number of carboxylic acids is 1.